The third-order valence-corrected chi connectivity index (χ3v) is 2.36. The van der Waals surface area contributed by atoms with E-state index in [1.54, 1.807) is 0 Å². The van der Waals surface area contributed by atoms with Crippen molar-refractivity contribution in [3.8, 4) is 0 Å². The lowest BCUT2D eigenvalue weighted by molar-refractivity contribution is 0.0643. The number of nitrogens with zero attached hydrogens (tertiary/aromatic N) is 1. The molecule has 6 nitrogen and oxygen atoms in total. The smallest absolute Gasteiger partial charge is 0.355 e. The first-order valence-electron chi connectivity index (χ1n) is 4.66. The Morgan fingerprint density at radius 1 is 1.31 bits per heavy atom. The van der Waals surface area contributed by atoms with Gasteiger partial charge < -0.3 is 14.9 Å². The largest absolute Gasteiger partial charge is 0.478 e. The molecule has 1 aromatic heterocycles. The molecule has 2 rings (SSSR count). The number of carboxylic acids is 2. The van der Waals surface area contributed by atoms with Gasteiger partial charge in [0.05, 0.1) is 18.8 Å². The lowest BCUT2D eigenvalue weighted by Gasteiger charge is -2.16. The van der Waals surface area contributed by atoms with Crippen LogP contribution in [0.25, 0.3) is 0 Å². The molecule has 1 aliphatic rings. The second-order valence-electron chi connectivity index (χ2n) is 3.40. The maximum Gasteiger partial charge on any atom is 0.355 e. The van der Waals surface area contributed by atoms with Crippen LogP contribution in [-0.2, 0) is 17.8 Å². The normalized spacial score (nSPS) is 14.2. The van der Waals surface area contributed by atoms with E-state index >= 15 is 0 Å². The van der Waals surface area contributed by atoms with Crippen molar-refractivity contribution < 1.29 is 24.5 Å². The fourth-order valence-corrected chi connectivity index (χ4v) is 1.61. The van der Waals surface area contributed by atoms with Gasteiger partial charge in [0.1, 0.15) is 0 Å². The van der Waals surface area contributed by atoms with Crippen molar-refractivity contribution in [1.82, 2.24) is 4.98 Å². The van der Waals surface area contributed by atoms with Crippen molar-refractivity contribution in [2.45, 2.75) is 13.0 Å². The van der Waals surface area contributed by atoms with Crippen LogP contribution in [0.5, 0.6) is 0 Å². The predicted octanol–water partition coefficient (Wildman–Crippen LogP) is 0.551. The molecule has 0 amide bonds. The van der Waals surface area contributed by atoms with Crippen molar-refractivity contribution in [2.24, 2.45) is 0 Å². The van der Waals surface area contributed by atoms with Gasteiger partial charge in [0.25, 0.3) is 0 Å². The molecule has 0 radical (unpaired) electrons. The Hall–Kier alpha value is -1.95. The molecule has 0 spiro atoms. The number of hydrogen-bond donors (Lipinski definition) is 2. The Bertz CT molecular complexity index is 426. The summed E-state index contributed by atoms with van der Waals surface area (Å²) in [5, 5.41) is 17.7. The van der Waals surface area contributed by atoms with Gasteiger partial charge in [-0.15, -0.1) is 0 Å². The third kappa shape index (κ3) is 1.74. The first kappa shape index (κ1) is 10.6. The number of pyridine rings is 1. The van der Waals surface area contributed by atoms with Gasteiger partial charge in [-0.3, -0.25) is 0 Å². The summed E-state index contributed by atoms with van der Waals surface area (Å²) >= 11 is 0. The number of aromatic carboxylic acids is 2. The van der Waals surface area contributed by atoms with Gasteiger partial charge in [-0.05, 0) is 6.07 Å². The van der Waals surface area contributed by atoms with E-state index in [0.29, 0.717) is 24.3 Å². The van der Waals surface area contributed by atoms with Crippen molar-refractivity contribution in [3.63, 3.8) is 0 Å². The SMILES string of the molecule is O=C(O)c1cc2c(nc1C(=O)O)CCOC2. The molecule has 0 fully saturated rings. The maximum absolute atomic E-state index is 10.9. The second-order valence-corrected chi connectivity index (χ2v) is 3.40. The fraction of sp³-hybridized carbons (Fsp3) is 0.300. The Kier molecular flexibility index (Phi) is 2.57. The van der Waals surface area contributed by atoms with E-state index in [9.17, 15) is 9.59 Å². The van der Waals surface area contributed by atoms with E-state index in [4.69, 9.17) is 14.9 Å². The Balaban J connectivity index is 2.59. The molecule has 1 aliphatic heterocycles. The predicted molar refractivity (Wildman–Crippen MR) is 51.5 cm³/mol. The first-order chi connectivity index (χ1) is 7.59. The quantitative estimate of drug-likeness (QED) is 0.759. The fourth-order valence-electron chi connectivity index (χ4n) is 1.61. The summed E-state index contributed by atoms with van der Waals surface area (Å²) < 4.78 is 5.15. The van der Waals surface area contributed by atoms with Crippen molar-refractivity contribution >= 4 is 11.9 Å². The van der Waals surface area contributed by atoms with Crippen LogP contribution in [0.2, 0.25) is 0 Å². The van der Waals surface area contributed by atoms with Crippen LogP contribution in [-0.4, -0.2) is 33.7 Å². The maximum atomic E-state index is 10.9. The zero-order valence-corrected chi connectivity index (χ0v) is 8.27. The van der Waals surface area contributed by atoms with E-state index in [-0.39, 0.29) is 12.2 Å². The highest BCUT2D eigenvalue weighted by Gasteiger charge is 2.22. The van der Waals surface area contributed by atoms with E-state index in [2.05, 4.69) is 4.98 Å². The summed E-state index contributed by atoms with van der Waals surface area (Å²) in [7, 11) is 0. The lowest BCUT2D eigenvalue weighted by atomic mass is 10.0. The van der Waals surface area contributed by atoms with E-state index < -0.39 is 17.6 Å². The van der Waals surface area contributed by atoms with Crippen LogP contribution in [0.1, 0.15) is 32.1 Å². The topological polar surface area (TPSA) is 96.7 Å². The van der Waals surface area contributed by atoms with Crippen LogP contribution < -0.4 is 0 Å². The molecule has 0 aliphatic carbocycles. The van der Waals surface area contributed by atoms with E-state index in [1.807, 2.05) is 0 Å². The molecule has 0 atom stereocenters. The Morgan fingerprint density at radius 3 is 2.69 bits per heavy atom. The summed E-state index contributed by atoms with van der Waals surface area (Å²) in [6.45, 7) is 0.758. The third-order valence-electron chi connectivity index (χ3n) is 2.36. The van der Waals surface area contributed by atoms with Gasteiger partial charge in [-0.2, -0.15) is 0 Å². The minimum absolute atomic E-state index is 0.280. The Morgan fingerprint density at radius 2 is 2.06 bits per heavy atom. The average Bonchev–Trinajstić information content (AvgIpc) is 2.27. The molecule has 0 unspecified atom stereocenters. The number of ether oxygens (including phenoxy) is 1. The molecule has 0 bridgehead atoms. The molecule has 84 valence electrons. The number of hydrogen-bond acceptors (Lipinski definition) is 4. The van der Waals surface area contributed by atoms with Crippen molar-refractivity contribution in [2.75, 3.05) is 6.61 Å². The average molecular weight is 223 g/mol. The highest BCUT2D eigenvalue weighted by Crippen LogP contribution is 2.19. The molecule has 2 N–H and O–H groups in total. The summed E-state index contributed by atoms with van der Waals surface area (Å²) in [6, 6.07) is 1.33. The van der Waals surface area contributed by atoms with Gasteiger partial charge in [0.15, 0.2) is 5.69 Å². The van der Waals surface area contributed by atoms with Crippen LogP contribution >= 0.6 is 0 Å². The molecular weight excluding hydrogens is 214 g/mol. The summed E-state index contributed by atoms with van der Waals surface area (Å²) in [6.07, 6.45) is 0.509. The van der Waals surface area contributed by atoms with Crippen molar-refractivity contribution in [3.05, 3.63) is 28.6 Å². The number of rotatable bonds is 2. The molecule has 6 heteroatoms. The van der Waals surface area contributed by atoms with Crippen molar-refractivity contribution in [1.29, 1.82) is 0 Å². The second kappa shape index (κ2) is 3.90. The highest BCUT2D eigenvalue weighted by atomic mass is 16.5. The summed E-state index contributed by atoms with van der Waals surface area (Å²) in [5.74, 6) is -2.62. The minimum atomic E-state index is -1.33. The number of carbonyl (C=O) groups is 2. The van der Waals surface area contributed by atoms with E-state index in [0.717, 1.165) is 0 Å². The molecule has 16 heavy (non-hydrogen) atoms. The highest BCUT2D eigenvalue weighted by molar-refractivity contribution is 6.00. The summed E-state index contributed by atoms with van der Waals surface area (Å²) in [4.78, 5) is 25.6. The molecule has 0 saturated carbocycles. The molecule has 0 aromatic carbocycles. The Labute approximate surface area is 90.5 Å². The van der Waals surface area contributed by atoms with Gasteiger partial charge >= 0.3 is 11.9 Å². The first-order valence-corrected chi connectivity index (χ1v) is 4.66. The van der Waals surface area contributed by atoms with Crippen LogP contribution in [0.15, 0.2) is 6.07 Å². The number of carboxylic acid groups (broad SMARTS) is 2. The van der Waals surface area contributed by atoms with Gasteiger partial charge in [0.2, 0.25) is 0 Å². The number of fused-ring (bicyclic) bond motifs is 1. The monoisotopic (exact) mass is 223 g/mol. The van der Waals surface area contributed by atoms with E-state index in [1.165, 1.54) is 6.07 Å². The van der Waals surface area contributed by atoms with Gasteiger partial charge in [0, 0.05) is 17.7 Å². The molecule has 0 saturated heterocycles. The van der Waals surface area contributed by atoms with Crippen LogP contribution in [0.3, 0.4) is 0 Å². The minimum Gasteiger partial charge on any atom is -0.478 e. The standard InChI is InChI=1S/C10H9NO5/c12-9(13)6-3-5-4-16-2-1-7(5)11-8(6)10(14)15/h3H,1-2,4H2,(H,12,13)(H,14,15). The van der Waals surface area contributed by atoms with Crippen LogP contribution in [0.4, 0.5) is 0 Å². The zero-order valence-electron chi connectivity index (χ0n) is 8.27. The van der Waals surface area contributed by atoms with Gasteiger partial charge in [-0.1, -0.05) is 0 Å². The zero-order chi connectivity index (χ0) is 11.7. The molecule has 1 aromatic rings. The molecule has 2 heterocycles. The lowest BCUT2D eigenvalue weighted by Crippen LogP contribution is -2.18. The van der Waals surface area contributed by atoms with Crippen LogP contribution in [0, 0.1) is 0 Å². The summed E-state index contributed by atoms with van der Waals surface area (Å²) in [5.41, 5.74) is 0.548. The van der Waals surface area contributed by atoms with Gasteiger partial charge in [-0.25, -0.2) is 14.6 Å². The number of aromatic nitrogens is 1. The molecular formula is C10H9NO5.